The van der Waals surface area contributed by atoms with Gasteiger partial charge in [-0.05, 0) is 60.0 Å². The van der Waals surface area contributed by atoms with Crippen molar-refractivity contribution in [2.24, 2.45) is 10.9 Å². The van der Waals surface area contributed by atoms with E-state index in [2.05, 4.69) is 25.7 Å². The number of hydrogen-bond donors (Lipinski definition) is 0. The van der Waals surface area contributed by atoms with E-state index >= 15 is 0 Å². The zero-order chi connectivity index (χ0) is 26.5. The van der Waals surface area contributed by atoms with Gasteiger partial charge in [0.25, 0.3) is 5.91 Å². The van der Waals surface area contributed by atoms with Gasteiger partial charge in [-0.1, -0.05) is 61.3 Å². The number of nitrogens with zero attached hydrogens (tertiary/aromatic N) is 4. The first-order chi connectivity index (χ1) is 17.6. The maximum atomic E-state index is 13.8. The molecule has 194 valence electrons. The van der Waals surface area contributed by atoms with Crippen molar-refractivity contribution >= 4 is 51.9 Å². The van der Waals surface area contributed by atoms with Crippen molar-refractivity contribution < 1.29 is 9.59 Å². The van der Waals surface area contributed by atoms with Crippen molar-refractivity contribution in [1.82, 2.24) is 14.7 Å². The van der Waals surface area contributed by atoms with Crippen molar-refractivity contribution in [3.63, 3.8) is 0 Å². The second kappa shape index (κ2) is 10.0. The number of amidine groups is 1. The minimum atomic E-state index is -0.595. The molecule has 2 aromatic rings. The van der Waals surface area contributed by atoms with Crippen LogP contribution in [-0.4, -0.2) is 57.9 Å². The molecule has 0 radical (unpaired) electrons. The Morgan fingerprint density at radius 3 is 2.03 bits per heavy atom. The van der Waals surface area contributed by atoms with Crippen LogP contribution < -0.4 is 0 Å². The number of carbonyl (C=O) groups excluding carboxylic acids is 2. The molecule has 0 N–H and O–H groups in total. The van der Waals surface area contributed by atoms with Gasteiger partial charge >= 0.3 is 0 Å². The number of halogens is 2. The Hall–Kier alpha value is -2.48. The van der Waals surface area contributed by atoms with E-state index in [1.54, 1.807) is 11.8 Å². The van der Waals surface area contributed by atoms with Gasteiger partial charge in [-0.2, -0.15) is 0 Å². The number of piperazine rings is 1. The summed E-state index contributed by atoms with van der Waals surface area (Å²) in [4.78, 5) is 37.5. The molecule has 3 heterocycles. The minimum Gasteiger partial charge on any atom is -0.339 e. The van der Waals surface area contributed by atoms with Crippen molar-refractivity contribution in [1.29, 1.82) is 0 Å². The first-order valence-electron chi connectivity index (χ1n) is 12.5. The fourth-order valence-electron chi connectivity index (χ4n) is 5.43. The predicted octanol–water partition coefficient (Wildman–Crippen LogP) is 5.93. The lowest BCUT2D eigenvalue weighted by molar-refractivity contribution is -0.135. The first-order valence-corrected chi connectivity index (χ1v) is 14.0. The number of amides is 2. The summed E-state index contributed by atoms with van der Waals surface area (Å²) in [5, 5.41) is 2.18. The highest BCUT2D eigenvalue weighted by Crippen LogP contribution is 2.56. The van der Waals surface area contributed by atoms with Crippen LogP contribution in [0.1, 0.15) is 44.9 Å². The van der Waals surface area contributed by atoms with E-state index < -0.39 is 5.54 Å². The summed E-state index contributed by atoms with van der Waals surface area (Å²) in [7, 11) is 0. The molecule has 37 heavy (non-hydrogen) atoms. The Kier molecular flexibility index (Phi) is 7.07. The van der Waals surface area contributed by atoms with Gasteiger partial charge in [0.1, 0.15) is 10.4 Å². The van der Waals surface area contributed by atoms with Crippen LogP contribution in [0.25, 0.3) is 0 Å². The average Bonchev–Trinajstić information content (AvgIpc) is 3.37. The third kappa shape index (κ3) is 4.66. The molecule has 1 fully saturated rings. The monoisotopic (exact) mass is 556 g/mol. The summed E-state index contributed by atoms with van der Waals surface area (Å²) in [5.74, 6) is 0.156. The standard InChI is InChI=1S/C28H30Cl2N4O2S/c1-17(2)23-24(26(36)33-15-13-32(14-16-33)18(3)35)37-27-31-28(4,20-7-11-22(30)12-8-20)25(34(23)27)19-5-9-21(29)10-6-19/h5-12,17,25H,13-16H2,1-4H3/t25?,28-/m0/s1. The van der Waals surface area contributed by atoms with E-state index in [1.165, 1.54) is 11.8 Å². The minimum absolute atomic E-state index is 0.0112. The number of carbonyl (C=O) groups is 2. The summed E-state index contributed by atoms with van der Waals surface area (Å²) in [6, 6.07) is 15.6. The van der Waals surface area contributed by atoms with Gasteiger partial charge in [-0.3, -0.25) is 9.59 Å². The van der Waals surface area contributed by atoms with E-state index in [0.717, 1.165) is 26.9 Å². The largest absolute Gasteiger partial charge is 0.339 e. The second-order valence-electron chi connectivity index (χ2n) is 10.1. The number of aliphatic imine (C=N–C) groups is 1. The first kappa shape index (κ1) is 26.1. The Bertz CT molecular complexity index is 1280. The van der Waals surface area contributed by atoms with Gasteiger partial charge in [0.05, 0.1) is 6.04 Å². The van der Waals surface area contributed by atoms with E-state index in [0.29, 0.717) is 36.2 Å². The van der Waals surface area contributed by atoms with E-state index in [-0.39, 0.29) is 23.8 Å². The molecule has 0 aromatic heterocycles. The number of thioether (sulfide) groups is 1. The molecule has 0 bridgehead atoms. The van der Waals surface area contributed by atoms with Crippen LogP contribution in [0.5, 0.6) is 0 Å². The molecule has 0 spiro atoms. The molecule has 3 aliphatic rings. The zero-order valence-electron chi connectivity index (χ0n) is 21.4. The fraction of sp³-hybridized carbons (Fsp3) is 0.393. The predicted molar refractivity (Wildman–Crippen MR) is 151 cm³/mol. The number of benzene rings is 2. The third-order valence-electron chi connectivity index (χ3n) is 7.38. The molecular formula is C28H30Cl2N4O2S. The van der Waals surface area contributed by atoms with Crippen molar-refractivity contribution in [2.75, 3.05) is 26.2 Å². The average molecular weight is 558 g/mol. The van der Waals surface area contributed by atoms with Crippen LogP contribution in [0.2, 0.25) is 10.0 Å². The molecule has 2 amide bonds. The summed E-state index contributed by atoms with van der Waals surface area (Å²) in [6.45, 7) is 10.1. The van der Waals surface area contributed by atoms with Gasteiger partial charge in [0.15, 0.2) is 5.17 Å². The third-order valence-corrected chi connectivity index (χ3v) is 8.94. The normalized spacial score (nSPS) is 23.6. The summed E-state index contributed by atoms with van der Waals surface area (Å²) in [6.07, 6.45) is 0. The second-order valence-corrected chi connectivity index (χ2v) is 12.0. The van der Waals surface area contributed by atoms with Crippen LogP contribution in [0.15, 0.2) is 64.1 Å². The Balaban J connectivity index is 1.56. The Morgan fingerprint density at radius 1 is 0.946 bits per heavy atom. The lowest BCUT2D eigenvalue weighted by Crippen LogP contribution is -2.50. The molecule has 1 saturated heterocycles. The maximum absolute atomic E-state index is 13.8. The molecule has 0 aliphatic carbocycles. The number of allylic oxidation sites excluding steroid dienone is 1. The van der Waals surface area contributed by atoms with Crippen LogP contribution in [0, 0.1) is 5.92 Å². The maximum Gasteiger partial charge on any atom is 0.262 e. The molecule has 5 rings (SSSR count). The highest BCUT2D eigenvalue weighted by Gasteiger charge is 2.53. The van der Waals surface area contributed by atoms with Crippen molar-refractivity contribution in [3.05, 3.63) is 80.3 Å². The smallest absolute Gasteiger partial charge is 0.262 e. The molecule has 1 unspecified atom stereocenters. The zero-order valence-corrected chi connectivity index (χ0v) is 23.7. The topological polar surface area (TPSA) is 56.2 Å². The molecule has 0 saturated carbocycles. The molecule has 2 aromatic carbocycles. The van der Waals surface area contributed by atoms with Gasteiger partial charge < -0.3 is 14.7 Å². The molecule has 2 atom stereocenters. The fourth-order valence-corrected chi connectivity index (χ4v) is 7.06. The van der Waals surface area contributed by atoms with Gasteiger partial charge in [0, 0.05) is 48.8 Å². The number of fused-ring (bicyclic) bond motifs is 1. The molecular weight excluding hydrogens is 527 g/mol. The quantitative estimate of drug-likeness (QED) is 0.468. The van der Waals surface area contributed by atoms with E-state index in [1.807, 2.05) is 53.4 Å². The Morgan fingerprint density at radius 2 is 1.49 bits per heavy atom. The van der Waals surface area contributed by atoms with Gasteiger partial charge in [-0.25, -0.2) is 4.99 Å². The SMILES string of the molecule is CC(=O)N1CCN(C(=O)C2=C(C(C)C)N3C(=N[C@@](C)(c4ccc(Cl)cc4)C3c3ccc(Cl)cc3)S2)CC1. The van der Waals surface area contributed by atoms with Crippen LogP contribution >= 0.6 is 35.0 Å². The molecule has 3 aliphatic heterocycles. The number of rotatable bonds is 4. The number of hydrogen-bond acceptors (Lipinski definition) is 5. The highest BCUT2D eigenvalue weighted by atomic mass is 35.5. The van der Waals surface area contributed by atoms with E-state index in [9.17, 15) is 9.59 Å². The van der Waals surface area contributed by atoms with Crippen LogP contribution in [-0.2, 0) is 15.1 Å². The summed E-state index contributed by atoms with van der Waals surface area (Å²) in [5.41, 5.74) is 2.52. The lowest BCUT2D eigenvalue weighted by atomic mass is 9.81. The summed E-state index contributed by atoms with van der Waals surface area (Å²) >= 11 is 13.9. The van der Waals surface area contributed by atoms with Crippen LogP contribution in [0.3, 0.4) is 0 Å². The van der Waals surface area contributed by atoms with Gasteiger partial charge in [-0.15, -0.1) is 0 Å². The highest BCUT2D eigenvalue weighted by molar-refractivity contribution is 8.18. The van der Waals surface area contributed by atoms with Crippen molar-refractivity contribution in [3.8, 4) is 0 Å². The van der Waals surface area contributed by atoms with Crippen molar-refractivity contribution in [2.45, 2.75) is 39.3 Å². The van der Waals surface area contributed by atoms with Crippen LogP contribution in [0.4, 0.5) is 0 Å². The lowest BCUT2D eigenvalue weighted by Gasteiger charge is -2.37. The molecule has 9 heteroatoms. The molecule has 6 nitrogen and oxygen atoms in total. The van der Waals surface area contributed by atoms with Gasteiger partial charge in [0.2, 0.25) is 5.91 Å². The Labute approximate surface area is 232 Å². The van der Waals surface area contributed by atoms with E-state index in [4.69, 9.17) is 28.2 Å². The summed E-state index contributed by atoms with van der Waals surface area (Å²) < 4.78 is 0.